The number of para-hydroxylation sites is 2. The summed E-state index contributed by atoms with van der Waals surface area (Å²) < 4.78 is 0. The van der Waals surface area contributed by atoms with Gasteiger partial charge < -0.3 is 15.6 Å². The van der Waals surface area contributed by atoms with E-state index in [9.17, 15) is 4.79 Å². The zero-order chi connectivity index (χ0) is 20.2. The molecule has 0 saturated carbocycles. The monoisotopic (exact) mass is 385 g/mol. The summed E-state index contributed by atoms with van der Waals surface area (Å²) in [5.74, 6) is 0.212. The molecule has 0 bridgehead atoms. The second-order valence-corrected chi connectivity index (χ2v) is 7.02. The smallest absolute Gasteiger partial charge is 0.274 e. The zero-order valence-corrected chi connectivity index (χ0v) is 16.5. The standard InChI is InChI=1S/C23H23N5O/c1-15-7-3-5-9-19(15)27-22(29)21-13-16(2)26-23(28-21)24-12-11-17-14-25-20-10-6-4-8-18(17)20/h3-10,13-14,25H,11-12H2,1-2H3,(H,27,29)(H,24,26,28). The van der Waals surface area contributed by atoms with E-state index in [1.165, 1.54) is 10.9 Å². The molecule has 29 heavy (non-hydrogen) atoms. The number of aryl methyl sites for hydroxylation is 2. The van der Waals surface area contributed by atoms with Gasteiger partial charge in [0.1, 0.15) is 5.69 Å². The summed E-state index contributed by atoms with van der Waals surface area (Å²) in [6.07, 6.45) is 2.86. The minimum atomic E-state index is -0.246. The molecule has 2 aromatic heterocycles. The first-order valence-electron chi connectivity index (χ1n) is 9.62. The first-order chi connectivity index (χ1) is 14.1. The Hall–Kier alpha value is -3.67. The van der Waals surface area contributed by atoms with Crippen LogP contribution < -0.4 is 10.6 Å². The normalized spacial score (nSPS) is 10.8. The lowest BCUT2D eigenvalue weighted by Crippen LogP contribution is -2.17. The number of amides is 1. The average Bonchev–Trinajstić information content (AvgIpc) is 3.12. The van der Waals surface area contributed by atoms with Crippen molar-refractivity contribution in [3.05, 3.63) is 83.3 Å². The van der Waals surface area contributed by atoms with E-state index in [4.69, 9.17) is 0 Å². The Morgan fingerprint density at radius 3 is 2.69 bits per heavy atom. The second kappa shape index (κ2) is 8.14. The van der Waals surface area contributed by atoms with Gasteiger partial charge in [-0.1, -0.05) is 36.4 Å². The van der Waals surface area contributed by atoms with Gasteiger partial charge in [0.05, 0.1) is 0 Å². The zero-order valence-electron chi connectivity index (χ0n) is 16.5. The molecule has 0 aliphatic carbocycles. The van der Waals surface area contributed by atoms with E-state index in [1.807, 2.05) is 56.4 Å². The molecule has 1 amide bonds. The van der Waals surface area contributed by atoms with E-state index >= 15 is 0 Å². The molecule has 0 aliphatic rings. The predicted octanol–water partition coefficient (Wildman–Crippen LogP) is 4.48. The maximum absolute atomic E-state index is 12.6. The number of H-pyrrole nitrogens is 1. The molecule has 3 N–H and O–H groups in total. The summed E-state index contributed by atoms with van der Waals surface area (Å²) in [5.41, 5.74) is 5.23. The van der Waals surface area contributed by atoms with E-state index in [-0.39, 0.29) is 5.91 Å². The van der Waals surface area contributed by atoms with Crippen molar-refractivity contribution in [2.45, 2.75) is 20.3 Å². The van der Waals surface area contributed by atoms with Gasteiger partial charge in [0, 0.05) is 35.0 Å². The minimum Gasteiger partial charge on any atom is -0.361 e. The Kier molecular flexibility index (Phi) is 5.24. The van der Waals surface area contributed by atoms with Crippen molar-refractivity contribution in [1.29, 1.82) is 0 Å². The van der Waals surface area contributed by atoms with Crippen LogP contribution in [0.5, 0.6) is 0 Å². The van der Waals surface area contributed by atoms with Gasteiger partial charge in [-0.15, -0.1) is 0 Å². The topological polar surface area (TPSA) is 82.7 Å². The number of nitrogens with zero attached hydrogens (tertiary/aromatic N) is 2. The number of hydrogen-bond acceptors (Lipinski definition) is 4. The van der Waals surface area contributed by atoms with Gasteiger partial charge in [0.15, 0.2) is 0 Å². The summed E-state index contributed by atoms with van der Waals surface area (Å²) in [4.78, 5) is 24.7. The number of rotatable bonds is 6. The highest BCUT2D eigenvalue weighted by Crippen LogP contribution is 2.18. The van der Waals surface area contributed by atoms with Crippen molar-refractivity contribution in [1.82, 2.24) is 15.0 Å². The fourth-order valence-electron chi connectivity index (χ4n) is 3.31. The molecule has 0 radical (unpaired) electrons. The van der Waals surface area contributed by atoms with Gasteiger partial charge in [-0.2, -0.15) is 0 Å². The molecule has 0 atom stereocenters. The molecular formula is C23H23N5O. The van der Waals surface area contributed by atoms with Crippen molar-refractivity contribution in [3.63, 3.8) is 0 Å². The third-order valence-corrected chi connectivity index (χ3v) is 4.83. The van der Waals surface area contributed by atoms with Crippen LogP contribution in [0.25, 0.3) is 10.9 Å². The van der Waals surface area contributed by atoms with E-state index in [2.05, 4.69) is 37.7 Å². The number of aromatic amines is 1. The van der Waals surface area contributed by atoms with Crippen molar-refractivity contribution >= 4 is 28.4 Å². The summed E-state index contributed by atoms with van der Waals surface area (Å²) in [5, 5.41) is 7.38. The second-order valence-electron chi connectivity index (χ2n) is 7.02. The maximum atomic E-state index is 12.6. The van der Waals surface area contributed by atoms with Gasteiger partial charge in [-0.25, -0.2) is 9.97 Å². The molecular weight excluding hydrogens is 362 g/mol. The number of nitrogens with one attached hydrogen (secondary N) is 3. The SMILES string of the molecule is Cc1cc(C(=O)Nc2ccccc2C)nc(NCCc2c[nH]c3ccccc23)n1. The Labute approximate surface area is 169 Å². The number of carbonyl (C=O) groups is 1. The molecule has 2 aromatic carbocycles. The van der Waals surface area contributed by atoms with Gasteiger partial charge in [0.25, 0.3) is 5.91 Å². The van der Waals surface area contributed by atoms with Crippen molar-refractivity contribution in [3.8, 4) is 0 Å². The minimum absolute atomic E-state index is 0.246. The van der Waals surface area contributed by atoms with Crippen LogP contribution >= 0.6 is 0 Å². The Morgan fingerprint density at radius 1 is 1.03 bits per heavy atom. The number of carbonyl (C=O) groups excluding carboxylic acids is 1. The van der Waals surface area contributed by atoms with Gasteiger partial charge in [-0.05, 0) is 49.6 Å². The van der Waals surface area contributed by atoms with E-state index in [0.717, 1.165) is 28.9 Å². The third-order valence-electron chi connectivity index (χ3n) is 4.83. The third kappa shape index (κ3) is 4.27. The quantitative estimate of drug-likeness (QED) is 0.457. The number of aromatic nitrogens is 3. The summed E-state index contributed by atoms with van der Waals surface area (Å²) in [6.45, 7) is 4.49. The molecule has 0 unspecified atom stereocenters. The number of hydrogen-bond donors (Lipinski definition) is 3. The van der Waals surface area contributed by atoms with Crippen molar-refractivity contribution in [2.75, 3.05) is 17.2 Å². The lowest BCUT2D eigenvalue weighted by atomic mass is 10.1. The van der Waals surface area contributed by atoms with Gasteiger partial charge in [0.2, 0.25) is 5.95 Å². The number of fused-ring (bicyclic) bond motifs is 1. The average molecular weight is 385 g/mol. The Bertz CT molecular complexity index is 1160. The maximum Gasteiger partial charge on any atom is 0.274 e. The molecule has 4 rings (SSSR count). The number of anilines is 2. The summed E-state index contributed by atoms with van der Waals surface area (Å²) in [6, 6.07) is 17.6. The van der Waals surface area contributed by atoms with Crippen molar-refractivity contribution < 1.29 is 4.79 Å². The Balaban J connectivity index is 1.44. The number of benzene rings is 2. The molecule has 0 aliphatic heterocycles. The first kappa shape index (κ1) is 18.7. The van der Waals surface area contributed by atoms with Gasteiger partial charge >= 0.3 is 0 Å². The molecule has 6 nitrogen and oxygen atoms in total. The lowest BCUT2D eigenvalue weighted by molar-refractivity contribution is 0.102. The highest BCUT2D eigenvalue weighted by Gasteiger charge is 2.12. The fraction of sp³-hybridized carbons (Fsp3) is 0.174. The highest BCUT2D eigenvalue weighted by molar-refractivity contribution is 6.03. The Morgan fingerprint density at radius 2 is 1.83 bits per heavy atom. The molecule has 146 valence electrons. The van der Waals surface area contributed by atoms with Crippen LogP contribution in [-0.4, -0.2) is 27.4 Å². The van der Waals surface area contributed by atoms with E-state index in [0.29, 0.717) is 18.2 Å². The van der Waals surface area contributed by atoms with E-state index < -0.39 is 0 Å². The first-order valence-corrected chi connectivity index (χ1v) is 9.62. The molecule has 0 fully saturated rings. The van der Waals surface area contributed by atoms with Crippen molar-refractivity contribution in [2.24, 2.45) is 0 Å². The van der Waals surface area contributed by atoms with Crippen LogP contribution in [0.2, 0.25) is 0 Å². The lowest BCUT2D eigenvalue weighted by Gasteiger charge is -2.10. The van der Waals surface area contributed by atoms with Crippen LogP contribution in [0.4, 0.5) is 11.6 Å². The van der Waals surface area contributed by atoms with Crippen LogP contribution in [0.1, 0.15) is 27.3 Å². The molecule has 4 aromatic rings. The van der Waals surface area contributed by atoms with E-state index in [1.54, 1.807) is 6.07 Å². The van der Waals surface area contributed by atoms with Crippen LogP contribution in [-0.2, 0) is 6.42 Å². The van der Waals surface area contributed by atoms with Crippen LogP contribution in [0.3, 0.4) is 0 Å². The fourth-order valence-corrected chi connectivity index (χ4v) is 3.31. The highest BCUT2D eigenvalue weighted by atomic mass is 16.1. The van der Waals surface area contributed by atoms with Crippen LogP contribution in [0, 0.1) is 13.8 Å². The van der Waals surface area contributed by atoms with Crippen LogP contribution in [0.15, 0.2) is 60.8 Å². The largest absolute Gasteiger partial charge is 0.361 e. The predicted molar refractivity (Wildman–Crippen MR) is 116 cm³/mol. The molecule has 2 heterocycles. The molecule has 6 heteroatoms. The summed E-state index contributed by atoms with van der Waals surface area (Å²) >= 11 is 0. The van der Waals surface area contributed by atoms with Gasteiger partial charge in [-0.3, -0.25) is 4.79 Å². The molecule has 0 saturated heterocycles. The molecule has 0 spiro atoms. The summed E-state index contributed by atoms with van der Waals surface area (Å²) in [7, 11) is 0.